The van der Waals surface area contributed by atoms with E-state index >= 15 is 0 Å². The van der Waals surface area contributed by atoms with Crippen LogP contribution in [0.3, 0.4) is 0 Å². The molecule has 4 rings (SSSR count). The maximum absolute atomic E-state index is 14.6. The molecule has 1 aliphatic rings. The van der Waals surface area contributed by atoms with Gasteiger partial charge in [0.2, 0.25) is 0 Å². The Kier molecular flexibility index (Phi) is 8.28. The predicted molar refractivity (Wildman–Crippen MR) is 131 cm³/mol. The number of benzene rings is 3. The molecule has 3 aromatic carbocycles. The van der Waals surface area contributed by atoms with E-state index in [9.17, 15) is 19.5 Å². The Morgan fingerprint density at radius 1 is 0.861 bits per heavy atom. The van der Waals surface area contributed by atoms with Crippen LogP contribution in [0.25, 0.3) is 10.4 Å². The minimum Gasteiger partial charge on any atom is -0.454 e. The molecule has 0 bridgehead atoms. The Bertz CT molecular complexity index is 1210. The van der Waals surface area contributed by atoms with Crippen molar-refractivity contribution in [1.82, 2.24) is 4.90 Å². The van der Waals surface area contributed by atoms with E-state index in [1.54, 1.807) is 65.6 Å². The van der Waals surface area contributed by atoms with E-state index in [0.29, 0.717) is 6.54 Å². The number of esters is 2. The van der Waals surface area contributed by atoms with E-state index in [0.717, 1.165) is 5.56 Å². The van der Waals surface area contributed by atoms with Gasteiger partial charge in [0.15, 0.2) is 12.2 Å². The molecule has 184 valence electrons. The Morgan fingerprint density at radius 3 is 1.86 bits per heavy atom. The molecule has 0 spiro atoms. The van der Waals surface area contributed by atoms with Crippen LogP contribution in [0.1, 0.15) is 26.3 Å². The van der Waals surface area contributed by atoms with Crippen LogP contribution in [-0.2, 0) is 16.0 Å². The lowest BCUT2D eigenvalue weighted by Crippen LogP contribution is -2.63. The van der Waals surface area contributed by atoms with E-state index in [4.69, 9.17) is 9.47 Å². The number of halogens is 1. The number of alkyl halides is 1. The average Bonchev–Trinajstić information content (AvgIpc) is 2.92. The number of hydrogen-bond donors (Lipinski definition) is 0. The number of azide groups is 1. The van der Waals surface area contributed by atoms with E-state index in [1.165, 1.54) is 0 Å². The van der Waals surface area contributed by atoms with Crippen LogP contribution in [0.15, 0.2) is 96.1 Å². The molecule has 0 aliphatic carbocycles. The molecule has 4 atom stereocenters. The molecule has 1 saturated heterocycles. The van der Waals surface area contributed by atoms with Gasteiger partial charge in [0.25, 0.3) is 0 Å². The van der Waals surface area contributed by atoms with E-state index in [1.807, 2.05) is 30.3 Å². The SMILES string of the molecule is [N-]=[N+]=N[C@H]1CN(Cc2ccccc2)[C@H](CF)[C@@H](OC(=O)c2ccccc2)[C@@H]1OC(=O)c1ccccc1. The largest absolute Gasteiger partial charge is 0.454 e. The summed E-state index contributed by atoms with van der Waals surface area (Å²) in [7, 11) is 0. The van der Waals surface area contributed by atoms with Gasteiger partial charge in [0.1, 0.15) is 6.67 Å². The number of hydrogen-bond acceptors (Lipinski definition) is 6. The zero-order valence-electron chi connectivity index (χ0n) is 19.4. The third-order valence-electron chi connectivity index (χ3n) is 6.06. The van der Waals surface area contributed by atoms with Crippen molar-refractivity contribution in [2.24, 2.45) is 5.11 Å². The monoisotopic (exact) mass is 488 g/mol. The molecule has 3 aromatic rings. The second-order valence-corrected chi connectivity index (χ2v) is 8.38. The highest BCUT2D eigenvalue weighted by molar-refractivity contribution is 5.90. The van der Waals surface area contributed by atoms with E-state index in [-0.39, 0.29) is 17.7 Å². The van der Waals surface area contributed by atoms with Crippen LogP contribution in [0.5, 0.6) is 0 Å². The summed E-state index contributed by atoms with van der Waals surface area (Å²) in [6, 6.07) is 24.1. The van der Waals surface area contributed by atoms with Crippen LogP contribution >= 0.6 is 0 Å². The molecule has 0 N–H and O–H groups in total. The molecule has 0 amide bonds. The number of ether oxygens (including phenoxy) is 2. The second kappa shape index (κ2) is 12.0. The zero-order chi connectivity index (χ0) is 25.3. The molecular weight excluding hydrogens is 463 g/mol. The van der Waals surface area contributed by atoms with Crippen molar-refractivity contribution in [3.05, 3.63) is 118 Å². The molecule has 36 heavy (non-hydrogen) atoms. The fraction of sp³-hybridized carbons (Fsp3) is 0.259. The second-order valence-electron chi connectivity index (χ2n) is 8.38. The van der Waals surface area contributed by atoms with Gasteiger partial charge in [-0.15, -0.1) is 0 Å². The molecule has 1 aliphatic heterocycles. The smallest absolute Gasteiger partial charge is 0.338 e. The molecule has 1 fully saturated rings. The van der Waals surface area contributed by atoms with Gasteiger partial charge in [-0.05, 0) is 35.4 Å². The van der Waals surface area contributed by atoms with Crippen molar-refractivity contribution in [1.29, 1.82) is 0 Å². The summed E-state index contributed by atoms with van der Waals surface area (Å²) >= 11 is 0. The van der Waals surface area contributed by atoms with Gasteiger partial charge in [-0.3, -0.25) is 4.90 Å². The van der Waals surface area contributed by atoms with Crippen LogP contribution in [0.4, 0.5) is 4.39 Å². The first-order valence-electron chi connectivity index (χ1n) is 11.5. The molecule has 9 heteroatoms. The van der Waals surface area contributed by atoms with Gasteiger partial charge in [-0.25, -0.2) is 14.0 Å². The van der Waals surface area contributed by atoms with Gasteiger partial charge < -0.3 is 9.47 Å². The van der Waals surface area contributed by atoms with Gasteiger partial charge >= 0.3 is 11.9 Å². The van der Waals surface area contributed by atoms with Crippen molar-refractivity contribution in [3.8, 4) is 0 Å². The number of likely N-dealkylation sites (tertiary alicyclic amines) is 1. The van der Waals surface area contributed by atoms with Crippen LogP contribution < -0.4 is 0 Å². The van der Waals surface area contributed by atoms with Crippen molar-refractivity contribution in [2.45, 2.75) is 30.8 Å². The third kappa shape index (κ3) is 5.89. The Labute approximate surface area is 207 Å². The van der Waals surface area contributed by atoms with Crippen molar-refractivity contribution in [3.63, 3.8) is 0 Å². The normalized spacial score (nSPS) is 21.7. The summed E-state index contributed by atoms with van der Waals surface area (Å²) < 4.78 is 26.1. The molecule has 0 unspecified atom stereocenters. The zero-order valence-corrected chi connectivity index (χ0v) is 19.4. The molecular formula is C27H25FN4O4. The highest BCUT2D eigenvalue weighted by Crippen LogP contribution is 2.29. The van der Waals surface area contributed by atoms with Gasteiger partial charge in [-0.1, -0.05) is 71.8 Å². The number of piperidine rings is 1. The van der Waals surface area contributed by atoms with Crippen molar-refractivity contribution >= 4 is 11.9 Å². The summed E-state index contributed by atoms with van der Waals surface area (Å²) in [6.45, 7) is -0.437. The van der Waals surface area contributed by atoms with Gasteiger partial charge in [0.05, 0.1) is 23.2 Å². The average molecular weight is 489 g/mol. The third-order valence-corrected chi connectivity index (χ3v) is 6.06. The number of carbonyl (C=O) groups is 2. The Hall–Kier alpha value is -4.20. The van der Waals surface area contributed by atoms with Crippen LogP contribution in [0.2, 0.25) is 0 Å². The fourth-order valence-corrected chi connectivity index (χ4v) is 4.30. The summed E-state index contributed by atoms with van der Waals surface area (Å²) in [6.07, 6.45) is -2.41. The van der Waals surface area contributed by atoms with Crippen LogP contribution in [-0.4, -0.2) is 54.3 Å². The molecule has 0 radical (unpaired) electrons. The number of nitrogens with zero attached hydrogens (tertiary/aromatic N) is 4. The van der Waals surface area contributed by atoms with Crippen molar-refractivity contribution in [2.75, 3.05) is 13.2 Å². The fourth-order valence-electron chi connectivity index (χ4n) is 4.30. The topological polar surface area (TPSA) is 105 Å². The summed E-state index contributed by atoms with van der Waals surface area (Å²) in [5.74, 6) is -1.38. The van der Waals surface area contributed by atoms with Gasteiger partial charge in [0, 0.05) is 18.0 Å². The minimum atomic E-state index is -1.22. The first-order valence-corrected chi connectivity index (χ1v) is 11.5. The lowest BCUT2D eigenvalue weighted by atomic mass is 9.91. The van der Waals surface area contributed by atoms with E-state index < -0.39 is 42.9 Å². The predicted octanol–water partition coefficient (Wildman–Crippen LogP) is 4.97. The van der Waals surface area contributed by atoms with Gasteiger partial charge in [-0.2, -0.15) is 0 Å². The lowest BCUT2D eigenvalue weighted by Gasteiger charge is -2.45. The molecule has 8 nitrogen and oxygen atoms in total. The van der Waals surface area contributed by atoms with Crippen LogP contribution in [0, 0.1) is 0 Å². The quantitative estimate of drug-likeness (QED) is 0.193. The highest BCUT2D eigenvalue weighted by atomic mass is 19.1. The number of carbonyl (C=O) groups excluding carboxylic acids is 2. The molecule has 1 heterocycles. The maximum atomic E-state index is 14.6. The summed E-state index contributed by atoms with van der Waals surface area (Å²) in [4.78, 5) is 30.6. The first kappa shape index (κ1) is 24.9. The summed E-state index contributed by atoms with van der Waals surface area (Å²) in [5.41, 5.74) is 10.7. The Balaban J connectivity index is 1.68. The first-order chi connectivity index (χ1) is 17.6. The minimum absolute atomic E-state index is 0.111. The standard InChI is InChI=1S/C27H25FN4O4/c28-16-23-25(36-27(34)21-14-8-3-9-15-21)24(35-26(33)20-12-6-2-7-13-20)22(30-31-29)18-32(23)17-19-10-4-1-5-11-19/h1-15,22-25H,16-18H2/t22-,23+,24+,25+/m0/s1. The summed E-state index contributed by atoms with van der Waals surface area (Å²) in [5, 5.41) is 3.85. The highest BCUT2D eigenvalue weighted by Gasteiger charge is 2.48. The lowest BCUT2D eigenvalue weighted by molar-refractivity contribution is -0.108. The van der Waals surface area contributed by atoms with Crippen molar-refractivity contribution < 1.29 is 23.5 Å². The molecule has 0 saturated carbocycles. The number of rotatable bonds is 8. The molecule has 0 aromatic heterocycles. The van der Waals surface area contributed by atoms with E-state index in [2.05, 4.69) is 10.0 Å². The maximum Gasteiger partial charge on any atom is 0.338 e. The Morgan fingerprint density at radius 2 is 1.36 bits per heavy atom.